The van der Waals surface area contributed by atoms with E-state index in [9.17, 15) is 34.8 Å². The van der Waals surface area contributed by atoms with Gasteiger partial charge in [-0.1, -0.05) is 65.7 Å². The first-order valence-electron chi connectivity index (χ1n) is 15.3. The number of aliphatic carboxylic acids is 1. The van der Waals surface area contributed by atoms with Gasteiger partial charge in [-0.25, -0.2) is 0 Å². The number of carbonyl (C=O) groups is 3. The molecule has 0 aliphatic rings. The number of carboxylic acids is 1. The first-order valence-corrected chi connectivity index (χ1v) is 15.3. The summed E-state index contributed by atoms with van der Waals surface area (Å²) in [4.78, 5) is 35.9. The molecule has 236 valence electrons. The summed E-state index contributed by atoms with van der Waals surface area (Å²) in [5, 5.41) is 49.8. The van der Waals surface area contributed by atoms with Crippen LogP contribution in [0.5, 0.6) is 0 Å². The van der Waals surface area contributed by atoms with Gasteiger partial charge in [0.2, 0.25) is 0 Å². The maximum Gasteiger partial charge on any atom is 0.308 e. The van der Waals surface area contributed by atoms with Gasteiger partial charge in [0.05, 0.1) is 43.7 Å². The molecule has 0 radical (unpaired) electrons. The third kappa shape index (κ3) is 22.0. The van der Waals surface area contributed by atoms with Crippen molar-refractivity contribution in [2.24, 2.45) is 0 Å². The Bertz CT molecular complexity index is 671. The molecule has 40 heavy (non-hydrogen) atoms. The molecule has 0 rings (SSSR count). The number of unbranched alkanes of at least 4 members (excludes halogenated alkanes) is 6. The van der Waals surface area contributed by atoms with Gasteiger partial charge in [0.1, 0.15) is 12.2 Å². The molecule has 0 bridgehead atoms. The third-order valence-electron chi connectivity index (χ3n) is 6.83. The SMILES string of the molecule is CCCCC[C@@H](O)C[C@@H](O)CC(=O)O[C@@H](CCCCC)C[C@H](O)CC(=O)O[C@@H](CCCCC)C[C@H](O)CC(=O)O. The number of carboxylic acid groups (broad SMARTS) is 1. The Morgan fingerprint density at radius 2 is 0.900 bits per heavy atom. The second-order valence-electron chi connectivity index (χ2n) is 11.0. The summed E-state index contributed by atoms with van der Waals surface area (Å²) >= 11 is 0. The fourth-order valence-electron chi connectivity index (χ4n) is 4.67. The van der Waals surface area contributed by atoms with Crippen LogP contribution in [0.3, 0.4) is 0 Å². The van der Waals surface area contributed by atoms with E-state index in [4.69, 9.17) is 14.6 Å². The summed E-state index contributed by atoms with van der Waals surface area (Å²) in [6, 6.07) is 0. The first-order chi connectivity index (χ1) is 19.0. The van der Waals surface area contributed by atoms with E-state index in [0.717, 1.165) is 57.8 Å². The number of hydrogen-bond acceptors (Lipinski definition) is 9. The maximum atomic E-state index is 12.6. The minimum absolute atomic E-state index is 0.00470. The molecule has 0 spiro atoms. The van der Waals surface area contributed by atoms with E-state index >= 15 is 0 Å². The van der Waals surface area contributed by atoms with E-state index in [1.54, 1.807) is 0 Å². The Balaban J connectivity index is 4.91. The summed E-state index contributed by atoms with van der Waals surface area (Å²) in [5.41, 5.74) is 0. The number of aliphatic hydroxyl groups is 4. The van der Waals surface area contributed by atoms with Crippen molar-refractivity contribution in [3.63, 3.8) is 0 Å². The standard InChI is InChI=1S/C30H56O10/c1-4-7-10-13-22(31)16-23(32)20-29(37)40-27(15-12-9-6-3)18-25(34)21-30(38)39-26(14-11-8-5-2)17-24(33)19-28(35)36/h22-27,31-34H,4-21H2,1-3H3,(H,35,36)/t22-,23-,24+,25+,26+,27+/m1/s1. The van der Waals surface area contributed by atoms with E-state index in [0.29, 0.717) is 19.3 Å². The average Bonchev–Trinajstić information content (AvgIpc) is 2.83. The highest BCUT2D eigenvalue weighted by Crippen LogP contribution is 2.19. The van der Waals surface area contributed by atoms with Crippen LogP contribution in [0.2, 0.25) is 0 Å². The lowest BCUT2D eigenvalue weighted by atomic mass is 10.0. The van der Waals surface area contributed by atoms with Crippen LogP contribution in [-0.2, 0) is 23.9 Å². The van der Waals surface area contributed by atoms with Gasteiger partial charge in [-0.15, -0.1) is 0 Å². The van der Waals surface area contributed by atoms with Crippen LogP contribution in [0.4, 0.5) is 0 Å². The lowest BCUT2D eigenvalue weighted by molar-refractivity contribution is -0.155. The average molecular weight is 577 g/mol. The van der Waals surface area contributed by atoms with Crippen molar-refractivity contribution in [1.82, 2.24) is 0 Å². The van der Waals surface area contributed by atoms with Gasteiger partial charge in [0.15, 0.2) is 0 Å². The van der Waals surface area contributed by atoms with Crippen molar-refractivity contribution in [1.29, 1.82) is 0 Å². The monoisotopic (exact) mass is 576 g/mol. The van der Waals surface area contributed by atoms with E-state index in [-0.39, 0.29) is 32.1 Å². The van der Waals surface area contributed by atoms with Crippen molar-refractivity contribution in [2.75, 3.05) is 0 Å². The molecule has 6 atom stereocenters. The van der Waals surface area contributed by atoms with E-state index in [1.165, 1.54) is 0 Å². The molecule has 0 aromatic carbocycles. The van der Waals surface area contributed by atoms with E-state index in [2.05, 4.69) is 6.92 Å². The highest BCUT2D eigenvalue weighted by molar-refractivity contribution is 5.71. The number of aliphatic hydroxyl groups excluding tert-OH is 4. The predicted octanol–water partition coefficient (Wildman–Crippen LogP) is 4.42. The van der Waals surface area contributed by atoms with Crippen molar-refractivity contribution in [3.8, 4) is 0 Å². The van der Waals surface area contributed by atoms with Crippen LogP contribution < -0.4 is 0 Å². The van der Waals surface area contributed by atoms with Gasteiger partial charge < -0.3 is 35.0 Å². The van der Waals surface area contributed by atoms with Crippen molar-refractivity contribution in [3.05, 3.63) is 0 Å². The minimum atomic E-state index is -1.14. The molecule has 0 aliphatic heterocycles. The van der Waals surface area contributed by atoms with Crippen LogP contribution in [0.15, 0.2) is 0 Å². The van der Waals surface area contributed by atoms with Crippen molar-refractivity contribution >= 4 is 17.9 Å². The Labute approximate surface area is 240 Å². The van der Waals surface area contributed by atoms with E-state index in [1.807, 2.05) is 13.8 Å². The van der Waals surface area contributed by atoms with Gasteiger partial charge in [-0.2, -0.15) is 0 Å². The van der Waals surface area contributed by atoms with Crippen LogP contribution in [0.1, 0.15) is 136 Å². The zero-order chi connectivity index (χ0) is 30.3. The Morgan fingerprint density at radius 3 is 1.30 bits per heavy atom. The zero-order valence-electron chi connectivity index (χ0n) is 25.0. The smallest absolute Gasteiger partial charge is 0.308 e. The molecule has 0 aromatic rings. The highest BCUT2D eigenvalue weighted by atomic mass is 16.5. The number of rotatable bonds is 26. The molecule has 0 aromatic heterocycles. The molecule has 10 heteroatoms. The molecular weight excluding hydrogens is 520 g/mol. The quantitative estimate of drug-likeness (QED) is 0.0733. The van der Waals surface area contributed by atoms with Gasteiger partial charge in [-0.05, 0) is 38.5 Å². The molecule has 0 fully saturated rings. The summed E-state index contributed by atoms with van der Waals surface area (Å²) in [6.07, 6.45) is 3.52. The van der Waals surface area contributed by atoms with Crippen LogP contribution in [0, 0.1) is 0 Å². The van der Waals surface area contributed by atoms with E-state index < -0.39 is 61.0 Å². The molecule has 5 N–H and O–H groups in total. The second kappa shape index (κ2) is 23.9. The maximum absolute atomic E-state index is 12.6. The second-order valence-corrected chi connectivity index (χ2v) is 11.0. The fraction of sp³-hybridized carbons (Fsp3) is 0.900. The topological polar surface area (TPSA) is 171 Å². The third-order valence-corrected chi connectivity index (χ3v) is 6.83. The van der Waals surface area contributed by atoms with Crippen molar-refractivity contribution < 1.29 is 49.4 Å². The number of ether oxygens (including phenoxy) is 2. The Morgan fingerprint density at radius 1 is 0.525 bits per heavy atom. The van der Waals surface area contributed by atoms with Gasteiger partial charge in [0.25, 0.3) is 0 Å². The summed E-state index contributed by atoms with van der Waals surface area (Å²) in [5.74, 6) is -2.42. The Kier molecular flexibility index (Phi) is 22.9. The lowest BCUT2D eigenvalue weighted by Crippen LogP contribution is -2.30. The minimum Gasteiger partial charge on any atom is -0.481 e. The van der Waals surface area contributed by atoms with Crippen LogP contribution >= 0.6 is 0 Å². The molecule has 0 aliphatic carbocycles. The van der Waals surface area contributed by atoms with Crippen LogP contribution in [0.25, 0.3) is 0 Å². The molecular formula is C30H56O10. The number of esters is 2. The highest BCUT2D eigenvalue weighted by Gasteiger charge is 2.25. The molecule has 0 amide bonds. The molecule has 0 heterocycles. The lowest BCUT2D eigenvalue weighted by Gasteiger charge is -2.23. The fourth-order valence-corrected chi connectivity index (χ4v) is 4.67. The van der Waals surface area contributed by atoms with Gasteiger partial charge >= 0.3 is 17.9 Å². The van der Waals surface area contributed by atoms with Gasteiger partial charge in [-0.3, -0.25) is 14.4 Å². The van der Waals surface area contributed by atoms with Gasteiger partial charge in [0, 0.05) is 12.8 Å². The largest absolute Gasteiger partial charge is 0.481 e. The molecule has 0 saturated carbocycles. The molecule has 0 unspecified atom stereocenters. The first kappa shape index (κ1) is 38.2. The van der Waals surface area contributed by atoms with Crippen LogP contribution in [-0.4, -0.2) is 80.1 Å². The van der Waals surface area contributed by atoms with Crippen molar-refractivity contribution in [2.45, 2.75) is 173 Å². The Hall–Kier alpha value is -1.75. The number of carbonyl (C=O) groups excluding carboxylic acids is 2. The molecule has 0 saturated heterocycles. The molecule has 10 nitrogen and oxygen atoms in total. The normalized spacial score (nSPS) is 16.0. The predicted molar refractivity (Wildman–Crippen MR) is 152 cm³/mol. The number of hydrogen-bond donors (Lipinski definition) is 5. The zero-order valence-corrected chi connectivity index (χ0v) is 25.0. The summed E-state index contributed by atoms with van der Waals surface area (Å²) < 4.78 is 11.0. The summed E-state index contributed by atoms with van der Waals surface area (Å²) in [6.45, 7) is 6.13. The summed E-state index contributed by atoms with van der Waals surface area (Å²) in [7, 11) is 0.